The van der Waals surface area contributed by atoms with Gasteiger partial charge in [-0.25, -0.2) is 9.17 Å². The van der Waals surface area contributed by atoms with Gasteiger partial charge in [0.25, 0.3) is 0 Å². The zero-order valence-corrected chi connectivity index (χ0v) is 17.8. The van der Waals surface area contributed by atoms with Crippen LogP contribution in [-0.2, 0) is 27.5 Å². The highest BCUT2D eigenvalue weighted by Crippen LogP contribution is 2.12. The molecule has 0 aliphatic carbocycles. The van der Waals surface area contributed by atoms with Gasteiger partial charge < -0.3 is 9.67 Å². The molecule has 1 aromatic rings. The van der Waals surface area contributed by atoms with Crippen LogP contribution in [0.1, 0.15) is 83.9 Å². The van der Waals surface area contributed by atoms with Crippen LogP contribution in [0.4, 0.5) is 0 Å². The lowest BCUT2D eigenvalue weighted by atomic mass is 10.1. The van der Waals surface area contributed by atoms with E-state index in [4.69, 9.17) is 9.66 Å². The van der Waals surface area contributed by atoms with Gasteiger partial charge in [-0.3, -0.25) is 4.55 Å². The van der Waals surface area contributed by atoms with E-state index in [1.807, 2.05) is 12.4 Å². The maximum absolute atomic E-state index is 9.56. The van der Waals surface area contributed by atoms with Crippen molar-refractivity contribution in [2.45, 2.75) is 91.0 Å². The maximum Gasteiger partial charge on any atom is 0.397 e. The molecule has 1 rings (SSSR count). The Morgan fingerprint density at radius 2 is 1.56 bits per heavy atom. The van der Waals surface area contributed by atoms with Crippen molar-refractivity contribution in [3.8, 4) is 0 Å². The Labute approximate surface area is 165 Å². The van der Waals surface area contributed by atoms with Gasteiger partial charge in [-0.2, -0.15) is 8.42 Å². The average molecular weight is 407 g/mol. The Morgan fingerprint density at radius 3 is 2.00 bits per heavy atom. The van der Waals surface area contributed by atoms with Crippen LogP contribution in [-0.4, -0.2) is 40.8 Å². The molecular weight excluding hydrogens is 368 g/mol. The lowest BCUT2D eigenvalue weighted by Crippen LogP contribution is -2.06. The highest BCUT2D eigenvalue weighted by Gasteiger charge is 2.01. The summed E-state index contributed by atoms with van der Waals surface area (Å²) in [6.45, 7) is 4.58. The quantitative estimate of drug-likeness (QED) is 0.335. The van der Waals surface area contributed by atoms with Crippen molar-refractivity contribution in [2.75, 3.05) is 13.2 Å². The minimum atomic E-state index is -4.17. The molecule has 0 aliphatic heterocycles. The molecule has 0 atom stereocenters. The fourth-order valence-electron chi connectivity index (χ4n) is 2.80. The topological polar surface area (TPSA) is 102 Å². The summed E-state index contributed by atoms with van der Waals surface area (Å²) in [4.78, 5) is 4.36. The highest BCUT2D eigenvalue weighted by atomic mass is 32.3. The van der Waals surface area contributed by atoms with Crippen LogP contribution in [0.25, 0.3) is 0 Å². The molecule has 0 saturated heterocycles. The maximum atomic E-state index is 9.56. The molecule has 0 spiro atoms. The number of rotatable bonds is 15. The van der Waals surface area contributed by atoms with Crippen molar-refractivity contribution >= 4 is 10.4 Å². The van der Waals surface area contributed by atoms with Crippen LogP contribution in [0, 0.1) is 0 Å². The normalized spacial score (nSPS) is 11.3. The van der Waals surface area contributed by atoms with Gasteiger partial charge in [-0.15, -0.1) is 0 Å². The number of aromatic nitrogens is 2. The number of hydrogen-bond donors (Lipinski definition) is 2. The zero-order chi connectivity index (χ0) is 20.4. The summed E-state index contributed by atoms with van der Waals surface area (Å²) in [5.41, 5.74) is 0. The number of aryl methyl sites for hydroxylation is 1. The van der Waals surface area contributed by atoms with Gasteiger partial charge >= 0.3 is 10.4 Å². The standard InChI is InChI=1S/C17H32N2O.C2H6O4S/c1-2-3-4-5-6-7-8-9-10-11-12-17-18-13-14-19(17)15-16-20;1-2-6-7(3,4)5/h13-14,20H,2-12,15-16H2,1H3;2H2,1H3,(H,3,4,5). The molecule has 160 valence electrons. The molecule has 0 saturated carbocycles. The van der Waals surface area contributed by atoms with Gasteiger partial charge in [-0.05, 0) is 13.3 Å². The minimum absolute atomic E-state index is 0.0289. The van der Waals surface area contributed by atoms with E-state index in [1.54, 1.807) is 0 Å². The number of hydrogen-bond acceptors (Lipinski definition) is 5. The largest absolute Gasteiger partial charge is 0.397 e. The van der Waals surface area contributed by atoms with Crippen LogP contribution in [0.3, 0.4) is 0 Å². The zero-order valence-electron chi connectivity index (χ0n) is 17.0. The van der Waals surface area contributed by atoms with Crippen LogP contribution in [0.2, 0.25) is 0 Å². The van der Waals surface area contributed by atoms with Crippen LogP contribution in [0.15, 0.2) is 12.4 Å². The molecule has 0 amide bonds. The van der Waals surface area contributed by atoms with Crippen molar-refractivity contribution in [2.24, 2.45) is 0 Å². The summed E-state index contributed by atoms with van der Waals surface area (Å²) in [5.74, 6) is 1.12. The fraction of sp³-hybridized carbons (Fsp3) is 0.842. The van der Waals surface area contributed by atoms with Gasteiger partial charge in [0.2, 0.25) is 0 Å². The SMILES string of the molecule is CCCCCCCCCCCCc1nccn1CCO.CCOS(=O)(=O)O. The fourth-order valence-corrected chi connectivity index (χ4v) is 3.10. The molecule has 8 heteroatoms. The number of aliphatic hydroxyl groups is 1. The van der Waals surface area contributed by atoms with E-state index in [9.17, 15) is 8.42 Å². The smallest absolute Gasteiger partial charge is 0.395 e. The third-order valence-electron chi connectivity index (χ3n) is 4.16. The lowest BCUT2D eigenvalue weighted by Gasteiger charge is -2.06. The molecule has 27 heavy (non-hydrogen) atoms. The summed E-state index contributed by atoms with van der Waals surface area (Å²) in [6.07, 6.45) is 18.5. The van der Waals surface area contributed by atoms with Crippen LogP contribution in [0.5, 0.6) is 0 Å². The second kappa shape index (κ2) is 17.2. The van der Waals surface area contributed by atoms with E-state index < -0.39 is 10.4 Å². The summed E-state index contributed by atoms with van der Waals surface area (Å²) < 4.78 is 32.7. The Morgan fingerprint density at radius 1 is 1.00 bits per heavy atom. The van der Waals surface area contributed by atoms with Crippen molar-refractivity contribution in [1.29, 1.82) is 0 Å². The highest BCUT2D eigenvalue weighted by molar-refractivity contribution is 7.80. The predicted octanol–water partition coefficient (Wildman–Crippen LogP) is 4.16. The van der Waals surface area contributed by atoms with Crippen LogP contribution < -0.4 is 0 Å². The average Bonchev–Trinajstić information content (AvgIpc) is 3.04. The predicted molar refractivity (Wildman–Crippen MR) is 108 cm³/mol. The number of nitrogens with zero attached hydrogens (tertiary/aromatic N) is 2. The molecule has 2 N–H and O–H groups in total. The van der Waals surface area contributed by atoms with Crippen molar-refractivity contribution in [1.82, 2.24) is 9.55 Å². The van der Waals surface area contributed by atoms with Gasteiger partial charge in [0.15, 0.2) is 0 Å². The second-order valence-corrected chi connectivity index (χ2v) is 7.62. The molecule has 0 bridgehead atoms. The molecule has 0 fully saturated rings. The van der Waals surface area contributed by atoms with Crippen molar-refractivity contribution in [3.63, 3.8) is 0 Å². The molecular formula is C19H38N2O5S. The molecule has 0 aromatic carbocycles. The lowest BCUT2D eigenvalue weighted by molar-refractivity contribution is 0.274. The van der Waals surface area contributed by atoms with E-state index in [-0.39, 0.29) is 13.2 Å². The second-order valence-electron chi connectivity index (χ2n) is 6.53. The number of aliphatic hydroxyl groups excluding tert-OH is 1. The van der Waals surface area contributed by atoms with Gasteiger partial charge in [0.1, 0.15) is 5.82 Å². The third-order valence-corrected chi connectivity index (χ3v) is 4.70. The monoisotopic (exact) mass is 406 g/mol. The molecule has 7 nitrogen and oxygen atoms in total. The molecule has 0 unspecified atom stereocenters. The first-order valence-electron chi connectivity index (χ1n) is 10.2. The van der Waals surface area contributed by atoms with E-state index in [0.29, 0.717) is 6.54 Å². The van der Waals surface area contributed by atoms with Crippen molar-refractivity contribution in [3.05, 3.63) is 18.2 Å². The Bertz CT molecular complexity index is 546. The first-order valence-corrected chi connectivity index (χ1v) is 11.5. The van der Waals surface area contributed by atoms with E-state index in [0.717, 1.165) is 12.2 Å². The van der Waals surface area contributed by atoms with E-state index in [1.165, 1.54) is 71.1 Å². The first kappa shape index (κ1) is 26.0. The molecule has 1 aromatic heterocycles. The van der Waals surface area contributed by atoms with Crippen LogP contribution >= 0.6 is 0 Å². The molecule has 1 heterocycles. The van der Waals surface area contributed by atoms with Gasteiger partial charge in [-0.1, -0.05) is 64.7 Å². The van der Waals surface area contributed by atoms with E-state index in [2.05, 4.69) is 20.7 Å². The number of imidazole rings is 1. The Balaban J connectivity index is 0.000000821. The van der Waals surface area contributed by atoms with Gasteiger partial charge in [0.05, 0.1) is 13.2 Å². The summed E-state index contributed by atoms with van der Waals surface area (Å²) in [5, 5.41) is 8.96. The third kappa shape index (κ3) is 16.9. The van der Waals surface area contributed by atoms with Gasteiger partial charge in [0, 0.05) is 25.4 Å². The summed E-state index contributed by atoms with van der Waals surface area (Å²) in [7, 11) is -4.17. The van der Waals surface area contributed by atoms with Crippen molar-refractivity contribution < 1.29 is 22.3 Å². The minimum Gasteiger partial charge on any atom is -0.395 e. The summed E-state index contributed by atoms with van der Waals surface area (Å²) >= 11 is 0. The van der Waals surface area contributed by atoms with E-state index >= 15 is 0 Å². The number of unbranched alkanes of at least 4 members (excludes halogenated alkanes) is 9. The summed E-state index contributed by atoms with van der Waals surface area (Å²) in [6, 6.07) is 0. The molecule has 0 radical (unpaired) electrons. The molecule has 0 aliphatic rings. The Kier molecular flexibility index (Phi) is 16.5. The first-order chi connectivity index (χ1) is 12.9. The Hall–Kier alpha value is -0.960.